The van der Waals surface area contributed by atoms with E-state index in [2.05, 4.69) is 5.32 Å². The number of amides is 2. The van der Waals surface area contributed by atoms with Gasteiger partial charge in [0.05, 0.1) is 18.7 Å². The highest BCUT2D eigenvalue weighted by molar-refractivity contribution is 5.99. The molecule has 1 heterocycles. The monoisotopic (exact) mass is 378 g/mol. The van der Waals surface area contributed by atoms with Gasteiger partial charge in [0.1, 0.15) is 5.75 Å². The lowest BCUT2D eigenvalue weighted by Crippen LogP contribution is -2.37. The Bertz CT molecular complexity index is 850. The van der Waals surface area contributed by atoms with Crippen LogP contribution in [-0.4, -0.2) is 31.5 Å². The predicted octanol–water partition coefficient (Wildman–Crippen LogP) is 3.25. The standard InChI is InChI=1S/C19H17F3N2O3/c1-27-16-4-2-3-15(10-16)24-11-14(9-17(24)25)23-18(26)12-5-7-13(8-6-12)19(20,21)22/h2-8,10,14H,9,11H2,1H3,(H,23,26). The number of hydrogen-bond donors (Lipinski definition) is 1. The second kappa shape index (κ2) is 7.30. The van der Waals surface area contributed by atoms with Crippen molar-refractivity contribution in [1.29, 1.82) is 0 Å². The van der Waals surface area contributed by atoms with Crippen LogP contribution < -0.4 is 15.0 Å². The Hall–Kier alpha value is -3.03. The second-order valence-corrected chi connectivity index (χ2v) is 6.16. The van der Waals surface area contributed by atoms with E-state index in [1.807, 2.05) is 0 Å². The minimum Gasteiger partial charge on any atom is -0.497 e. The van der Waals surface area contributed by atoms with E-state index in [9.17, 15) is 22.8 Å². The summed E-state index contributed by atoms with van der Waals surface area (Å²) in [6, 6.07) is 10.5. The average molecular weight is 378 g/mol. The van der Waals surface area contributed by atoms with Gasteiger partial charge < -0.3 is 15.0 Å². The molecular weight excluding hydrogens is 361 g/mol. The molecule has 8 heteroatoms. The molecule has 142 valence electrons. The Morgan fingerprint density at radius 1 is 1.19 bits per heavy atom. The molecule has 0 aromatic heterocycles. The fourth-order valence-corrected chi connectivity index (χ4v) is 2.91. The molecule has 27 heavy (non-hydrogen) atoms. The van der Waals surface area contributed by atoms with Crippen molar-refractivity contribution in [3.63, 3.8) is 0 Å². The molecule has 2 amide bonds. The number of anilines is 1. The van der Waals surface area contributed by atoms with Gasteiger partial charge in [-0.25, -0.2) is 0 Å². The van der Waals surface area contributed by atoms with Crippen LogP contribution in [0.5, 0.6) is 5.75 Å². The number of methoxy groups -OCH3 is 1. The van der Waals surface area contributed by atoms with Crippen LogP contribution in [0.3, 0.4) is 0 Å². The topological polar surface area (TPSA) is 58.6 Å². The van der Waals surface area contributed by atoms with Crippen molar-refractivity contribution >= 4 is 17.5 Å². The number of hydrogen-bond acceptors (Lipinski definition) is 3. The largest absolute Gasteiger partial charge is 0.497 e. The van der Waals surface area contributed by atoms with Crippen molar-refractivity contribution in [3.05, 3.63) is 59.7 Å². The number of carbonyl (C=O) groups is 2. The van der Waals surface area contributed by atoms with Crippen LogP contribution in [0, 0.1) is 0 Å². The van der Waals surface area contributed by atoms with E-state index in [1.165, 1.54) is 7.11 Å². The Morgan fingerprint density at radius 3 is 2.52 bits per heavy atom. The van der Waals surface area contributed by atoms with Gasteiger partial charge in [0.25, 0.3) is 5.91 Å². The summed E-state index contributed by atoms with van der Waals surface area (Å²) in [5.74, 6) is -0.0625. The SMILES string of the molecule is COc1cccc(N2CC(NC(=O)c3ccc(C(F)(F)F)cc3)CC2=O)c1. The molecule has 3 rings (SSSR count). The lowest BCUT2D eigenvalue weighted by molar-refractivity contribution is -0.137. The number of halogens is 3. The summed E-state index contributed by atoms with van der Waals surface area (Å²) in [5.41, 5.74) is -0.0554. The van der Waals surface area contributed by atoms with E-state index in [-0.39, 0.29) is 24.4 Å². The first-order valence-electron chi connectivity index (χ1n) is 8.20. The summed E-state index contributed by atoms with van der Waals surface area (Å²) in [7, 11) is 1.53. The lowest BCUT2D eigenvalue weighted by atomic mass is 10.1. The summed E-state index contributed by atoms with van der Waals surface area (Å²) in [6.45, 7) is 0.276. The predicted molar refractivity (Wildman–Crippen MR) is 92.7 cm³/mol. The number of nitrogens with one attached hydrogen (secondary N) is 1. The van der Waals surface area contributed by atoms with E-state index in [1.54, 1.807) is 29.2 Å². The summed E-state index contributed by atoms with van der Waals surface area (Å²) < 4.78 is 42.9. The fourth-order valence-electron chi connectivity index (χ4n) is 2.91. The fraction of sp³-hybridized carbons (Fsp3) is 0.263. The van der Waals surface area contributed by atoms with Crippen molar-refractivity contribution in [3.8, 4) is 5.75 Å². The van der Waals surface area contributed by atoms with Crippen LogP contribution in [-0.2, 0) is 11.0 Å². The summed E-state index contributed by atoms with van der Waals surface area (Å²) in [5, 5.41) is 2.70. The maximum absolute atomic E-state index is 12.6. The maximum Gasteiger partial charge on any atom is 0.416 e. The molecule has 1 aliphatic rings. The highest BCUT2D eigenvalue weighted by Gasteiger charge is 2.33. The first kappa shape index (κ1) is 18.8. The molecule has 5 nitrogen and oxygen atoms in total. The molecule has 0 aliphatic carbocycles. The number of alkyl halides is 3. The summed E-state index contributed by atoms with van der Waals surface area (Å²) >= 11 is 0. The highest BCUT2D eigenvalue weighted by Crippen LogP contribution is 2.29. The zero-order valence-electron chi connectivity index (χ0n) is 14.4. The molecule has 1 aliphatic heterocycles. The lowest BCUT2D eigenvalue weighted by Gasteiger charge is -2.18. The number of ether oxygens (including phenoxy) is 1. The van der Waals surface area contributed by atoms with Gasteiger partial charge in [0.2, 0.25) is 5.91 Å². The van der Waals surface area contributed by atoms with E-state index in [0.717, 1.165) is 24.3 Å². The zero-order chi connectivity index (χ0) is 19.6. The van der Waals surface area contributed by atoms with Gasteiger partial charge in [0.15, 0.2) is 0 Å². The number of rotatable bonds is 4. The molecule has 1 unspecified atom stereocenters. The van der Waals surface area contributed by atoms with Crippen LogP contribution in [0.25, 0.3) is 0 Å². The normalized spacial score (nSPS) is 17.1. The van der Waals surface area contributed by atoms with E-state index >= 15 is 0 Å². The molecule has 2 aromatic carbocycles. The molecule has 1 fully saturated rings. The third-order valence-corrected chi connectivity index (χ3v) is 4.30. The Morgan fingerprint density at radius 2 is 1.89 bits per heavy atom. The van der Waals surface area contributed by atoms with Gasteiger partial charge in [-0.15, -0.1) is 0 Å². The van der Waals surface area contributed by atoms with E-state index in [0.29, 0.717) is 11.4 Å². The van der Waals surface area contributed by atoms with Crippen LogP contribution in [0.4, 0.5) is 18.9 Å². The van der Waals surface area contributed by atoms with Crippen LogP contribution in [0.1, 0.15) is 22.3 Å². The van der Waals surface area contributed by atoms with Crippen molar-refractivity contribution in [1.82, 2.24) is 5.32 Å². The van der Waals surface area contributed by atoms with Crippen LogP contribution >= 0.6 is 0 Å². The van der Waals surface area contributed by atoms with Gasteiger partial charge in [-0.1, -0.05) is 6.07 Å². The van der Waals surface area contributed by atoms with Crippen LogP contribution in [0.2, 0.25) is 0 Å². The van der Waals surface area contributed by atoms with Gasteiger partial charge >= 0.3 is 6.18 Å². The van der Waals surface area contributed by atoms with Gasteiger partial charge in [-0.05, 0) is 36.4 Å². The highest BCUT2D eigenvalue weighted by atomic mass is 19.4. The third-order valence-electron chi connectivity index (χ3n) is 4.30. The zero-order valence-corrected chi connectivity index (χ0v) is 14.4. The Balaban J connectivity index is 1.66. The summed E-state index contributed by atoms with van der Waals surface area (Å²) in [6.07, 6.45) is -4.34. The van der Waals surface area contributed by atoms with Crippen molar-refractivity contribution in [2.24, 2.45) is 0 Å². The second-order valence-electron chi connectivity index (χ2n) is 6.16. The minimum absolute atomic E-state index is 0.107. The van der Waals surface area contributed by atoms with Gasteiger partial charge in [-0.3, -0.25) is 9.59 Å². The molecule has 1 N–H and O–H groups in total. The quantitative estimate of drug-likeness (QED) is 0.889. The first-order valence-corrected chi connectivity index (χ1v) is 8.20. The molecule has 1 saturated heterocycles. The van der Waals surface area contributed by atoms with Crippen molar-refractivity contribution in [2.45, 2.75) is 18.6 Å². The Kier molecular flexibility index (Phi) is 5.07. The third kappa shape index (κ3) is 4.21. The molecule has 0 saturated carbocycles. The van der Waals surface area contributed by atoms with Crippen molar-refractivity contribution < 1.29 is 27.5 Å². The van der Waals surface area contributed by atoms with Gasteiger partial charge in [-0.2, -0.15) is 13.2 Å². The molecule has 2 aromatic rings. The molecular formula is C19H17F3N2O3. The van der Waals surface area contributed by atoms with E-state index in [4.69, 9.17) is 4.74 Å². The van der Waals surface area contributed by atoms with E-state index < -0.39 is 23.7 Å². The number of benzene rings is 2. The minimum atomic E-state index is -4.45. The molecule has 0 bridgehead atoms. The average Bonchev–Trinajstić information content (AvgIpc) is 3.01. The molecule has 0 spiro atoms. The first-order chi connectivity index (χ1) is 12.8. The Labute approximate surface area is 153 Å². The number of nitrogens with zero attached hydrogens (tertiary/aromatic N) is 1. The van der Waals surface area contributed by atoms with Crippen molar-refractivity contribution in [2.75, 3.05) is 18.6 Å². The van der Waals surface area contributed by atoms with Gasteiger partial charge in [0, 0.05) is 30.3 Å². The molecule has 1 atom stereocenters. The smallest absolute Gasteiger partial charge is 0.416 e. The number of carbonyl (C=O) groups excluding carboxylic acids is 2. The molecule has 0 radical (unpaired) electrons. The van der Waals surface area contributed by atoms with Crippen LogP contribution in [0.15, 0.2) is 48.5 Å². The maximum atomic E-state index is 12.6. The summed E-state index contributed by atoms with van der Waals surface area (Å²) in [4.78, 5) is 26.1.